The second kappa shape index (κ2) is 6.06. The molecule has 1 aliphatic heterocycles. The minimum absolute atomic E-state index is 0.257. The fourth-order valence-corrected chi connectivity index (χ4v) is 2.22. The molecule has 0 N–H and O–H groups in total. The van der Waals surface area contributed by atoms with Crippen molar-refractivity contribution in [2.45, 2.75) is 33.2 Å². The Hall–Kier alpha value is -1.55. The zero-order valence-electron chi connectivity index (χ0n) is 11.9. The molecule has 1 aromatic rings. The molecule has 104 valence electrons. The maximum atomic E-state index is 10.9. The molecule has 19 heavy (non-hydrogen) atoms. The summed E-state index contributed by atoms with van der Waals surface area (Å²) < 4.78 is 10.8. The van der Waals surface area contributed by atoms with E-state index in [4.69, 9.17) is 9.47 Å². The second-order valence-corrected chi connectivity index (χ2v) is 5.18. The zero-order valence-corrected chi connectivity index (χ0v) is 11.9. The molecule has 0 aliphatic carbocycles. The number of ether oxygens (including phenoxy) is 2. The Labute approximate surface area is 114 Å². The smallest absolute Gasteiger partial charge is 0.231 e. The van der Waals surface area contributed by atoms with Gasteiger partial charge in [-0.25, -0.2) is 0 Å². The van der Waals surface area contributed by atoms with Gasteiger partial charge in [-0.15, -0.1) is 0 Å². The van der Waals surface area contributed by atoms with Gasteiger partial charge in [-0.3, -0.25) is 0 Å². The molecule has 0 unspecified atom stereocenters. The van der Waals surface area contributed by atoms with Gasteiger partial charge in [0.25, 0.3) is 0 Å². The summed E-state index contributed by atoms with van der Waals surface area (Å²) in [7, 11) is 2.07. The van der Waals surface area contributed by atoms with Gasteiger partial charge in [0.1, 0.15) is 5.78 Å². The molecule has 0 amide bonds. The van der Waals surface area contributed by atoms with Crippen LogP contribution >= 0.6 is 0 Å². The van der Waals surface area contributed by atoms with Gasteiger partial charge >= 0.3 is 0 Å². The Morgan fingerprint density at radius 1 is 1.32 bits per heavy atom. The lowest BCUT2D eigenvalue weighted by molar-refractivity contribution is -0.117. The van der Waals surface area contributed by atoms with Crippen LogP contribution in [0.3, 0.4) is 0 Å². The van der Waals surface area contributed by atoms with Crippen LogP contribution in [0.5, 0.6) is 11.5 Å². The van der Waals surface area contributed by atoms with Gasteiger partial charge in [0, 0.05) is 13.0 Å². The first-order valence-corrected chi connectivity index (χ1v) is 6.63. The van der Waals surface area contributed by atoms with Gasteiger partial charge in [0.05, 0.1) is 0 Å². The van der Waals surface area contributed by atoms with E-state index in [9.17, 15) is 4.79 Å². The molecule has 4 nitrogen and oxygen atoms in total. The summed E-state index contributed by atoms with van der Waals surface area (Å²) in [5.41, 5.74) is 2.46. The van der Waals surface area contributed by atoms with Crippen molar-refractivity contribution in [3.05, 3.63) is 23.3 Å². The molecule has 4 heteroatoms. The lowest BCUT2D eigenvalue weighted by Gasteiger charge is -2.18. The summed E-state index contributed by atoms with van der Waals surface area (Å²) in [4.78, 5) is 13.1. The molecule has 0 aromatic heterocycles. The molecule has 1 aliphatic rings. The van der Waals surface area contributed by atoms with Gasteiger partial charge in [0.2, 0.25) is 6.79 Å². The number of nitrogens with zero attached hydrogens (tertiary/aromatic N) is 1. The first-order valence-electron chi connectivity index (χ1n) is 6.63. The summed E-state index contributed by atoms with van der Waals surface area (Å²) in [6.07, 6.45) is 1.57. The van der Waals surface area contributed by atoms with Gasteiger partial charge < -0.3 is 19.2 Å². The number of carbonyl (C=O) groups is 1. The van der Waals surface area contributed by atoms with Gasteiger partial charge in [-0.05, 0) is 57.1 Å². The molecule has 0 atom stereocenters. The molecular formula is C15H21NO3. The van der Waals surface area contributed by atoms with Crippen molar-refractivity contribution in [1.82, 2.24) is 4.90 Å². The molecule has 2 rings (SSSR count). The van der Waals surface area contributed by atoms with E-state index in [2.05, 4.69) is 24.9 Å². The second-order valence-electron chi connectivity index (χ2n) is 5.18. The van der Waals surface area contributed by atoms with Crippen molar-refractivity contribution in [3.8, 4) is 11.5 Å². The molecule has 0 radical (unpaired) electrons. The predicted molar refractivity (Wildman–Crippen MR) is 73.6 cm³/mol. The Morgan fingerprint density at radius 2 is 2.00 bits per heavy atom. The summed E-state index contributed by atoms with van der Waals surface area (Å²) in [5, 5.41) is 0. The van der Waals surface area contributed by atoms with Crippen LogP contribution in [0.2, 0.25) is 0 Å². The molecule has 0 bridgehead atoms. The average Bonchev–Trinajstić information content (AvgIpc) is 2.76. The summed E-state index contributed by atoms with van der Waals surface area (Å²) in [6, 6.07) is 4.08. The predicted octanol–water partition coefficient (Wildman–Crippen LogP) is 2.52. The van der Waals surface area contributed by atoms with Crippen LogP contribution in [0.25, 0.3) is 0 Å². The third-order valence-electron chi connectivity index (χ3n) is 3.34. The Bertz CT molecular complexity index is 471. The SMILES string of the molecule is CC(=O)CCCN(C)Cc1cc2c(cc1C)OCO2. The van der Waals surface area contributed by atoms with E-state index < -0.39 is 0 Å². The zero-order chi connectivity index (χ0) is 13.8. The highest BCUT2D eigenvalue weighted by Crippen LogP contribution is 2.34. The highest BCUT2D eigenvalue weighted by molar-refractivity contribution is 5.75. The molecule has 0 fully saturated rings. The minimum Gasteiger partial charge on any atom is -0.454 e. The van der Waals surface area contributed by atoms with Gasteiger partial charge in [-0.1, -0.05) is 0 Å². The van der Waals surface area contributed by atoms with Crippen LogP contribution in [-0.2, 0) is 11.3 Å². The Morgan fingerprint density at radius 3 is 2.68 bits per heavy atom. The molecule has 0 saturated heterocycles. The standard InChI is InChI=1S/C15H21NO3/c1-11-7-14-15(19-10-18-14)8-13(11)9-16(3)6-4-5-12(2)17/h7-8H,4-6,9-10H2,1-3H3. The fraction of sp³-hybridized carbons (Fsp3) is 0.533. The number of carbonyl (C=O) groups excluding carboxylic acids is 1. The van der Waals surface area contributed by atoms with Crippen LogP contribution in [0.15, 0.2) is 12.1 Å². The van der Waals surface area contributed by atoms with Crippen molar-refractivity contribution >= 4 is 5.78 Å². The van der Waals surface area contributed by atoms with E-state index in [-0.39, 0.29) is 5.78 Å². The van der Waals surface area contributed by atoms with E-state index in [1.54, 1.807) is 6.92 Å². The Kier molecular flexibility index (Phi) is 4.43. The largest absolute Gasteiger partial charge is 0.454 e. The minimum atomic E-state index is 0.257. The summed E-state index contributed by atoms with van der Waals surface area (Å²) in [6.45, 7) is 5.82. The van der Waals surface area contributed by atoms with Crippen molar-refractivity contribution in [3.63, 3.8) is 0 Å². The number of benzene rings is 1. The van der Waals surface area contributed by atoms with Gasteiger partial charge in [0.15, 0.2) is 11.5 Å². The number of hydrogen-bond donors (Lipinski definition) is 0. The number of Topliss-reactive ketones (excluding diaryl/α,β-unsaturated/α-hetero) is 1. The van der Waals surface area contributed by atoms with Crippen LogP contribution in [0.4, 0.5) is 0 Å². The molecule has 0 spiro atoms. The number of fused-ring (bicyclic) bond motifs is 1. The van der Waals surface area contributed by atoms with E-state index in [0.29, 0.717) is 13.2 Å². The normalized spacial score (nSPS) is 13.1. The Balaban J connectivity index is 1.93. The van der Waals surface area contributed by atoms with E-state index in [1.165, 1.54) is 11.1 Å². The summed E-state index contributed by atoms with van der Waals surface area (Å²) >= 11 is 0. The third kappa shape index (κ3) is 3.70. The van der Waals surface area contributed by atoms with Crippen molar-refractivity contribution < 1.29 is 14.3 Å². The fourth-order valence-electron chi connectivity index (χ4n) is 2.22. The van der Waals surface area contributed by atoms with E-state index in [0.717, 1.165) is 31.0 Å². The molecular weight excluding hydrogens is 242 g/mol. The molecule has 1 heterocycles. The van der Waals surface area contributed by atoms with Crippen molar-refractivity contribution in [1.29, 1.82) is 0 Å². The maximum absolute atomic E-state index is 10.9. The lowest BCUT2D eigenvalue weighted by Crippen LogP contribution is -2.20. The van der Waals surface area contributed by atoms with Crippen molar-refractivity contribution in [2.24, 2.45) is 0 Å². The maximum Gasteiger partial charge on any atom is 0.231 e. The quantitative estimate of drug-likeness (QED) is 0.790. The lowest BCUT2D eigenvalue weighted by atomic mass is 10.1. The number of ketones is 1. The van der Waals surface area contributed by atoms with Crippen LogP contribution in [0.1, 0.15) is 30.9 Å². The molecule has 0 saturated carbocycles. The number of rotatable bonds is 6. The van der Waals surface area contributed by atoms with E-state index in [1.807, 2.05) is 6.07 Å². The number of aryl methyl sites for hydroxylation is 1. The van der Waals surface area contributed by atoms with Crippen LogP contribution in [0, 0.1) is 6.92 Å². The third-order valence-corrected chi connectivity index (χ3v) is 3.34. The summed E-state index contributed by atoms with van der Waals surface area (Å²) in [5.74, 6) is 1.92. The monoisotopic (exact) mass is 263 g/mol. The first-order chi connectivity index (χ1) is 9.06. The van der Waals surface area contributed by atoms with Gasteiger partial charge in [-0.2, -0.15) is 0 Å². The van der Waals surface area contributed by atoms with Crippen molar-refractivity contribution in [2.75, 3.05) is 20.4 Å². The number of hydrogen-bond acceptors (Lipinski definition) is 4. The first kappa shape index (κ1) is 13.9. The molecule has 1 aromatic carbocycles. The average molecular weight is 263 g/mol. The van der Waals surface area contributed by atoms with Crippen LogP contribution < -0.4 is 9.47 Å². The topological polar surface area (TPSA) is 38.8 Å². The van der Waals surface area contributed by atoms with E-state index >= 15 is 0 Å². The highest BCUT2D eigenvalue weighted by Gasteiger charge is 2.16. The van der Waals surface area contributed by atoms with Crippen LogP contribution in [-0.4, -0.2) is 31.1 Å². The highest BCUT2D eigenvalue weighted by atomic mass is 16.7.